The van der Waals surface area contributed by atoms with E-state index in [-0.39, 0.29) is 30.2 Å². The Morgan fingerprint density at radius 1 is 1.03 bits per heavy atom. The molecular formula is C24H32N4O6. The smallest absolute Gasteiger partial charge is 0.351 e. The second-order valence-electron chi connectivity index (χ2n) is 9.90. The molecular weight excluding hydrogens is 440 g/mol. The summed E-state index contributed by atoms with van der Waals surface area (Å²) in [6.07, 6.45) is 0.519. The van der Waals surface area contributed by atoms with Crippen LogP contribution in [0.3, 0.4) is 0 Å². The summed E-state index contributed by atoms with van der Waals surface area (Å²) in [5.41, 5.74) is 6.30. The van der Waals surface area contributed by atoms with Gasteiger partial charge < -0.3 is 24.7 Å². The van der Waals surface area contributed by atoms with Crippen molar-refractivity contribution >= 4 is 5.82 Å². The molecule has 10 nitrogen and oxygen atoms in total. The van der Waals surface area contributed by atoms with E-state index in [1.807, 2.05) is 63.1 Å². The van der Waals surface area contributed by atoms with Gasteiger partial charge in [0.1, 0.15) is 24.1 Å². The summed E-state index contributed by atoms with van der Waals surface area (Å²) < 4.78 is 26.2. The van der Waals surface area contributed by atoms with Crippen LogP contribution in [-0.4, -0.2) is 57.1 Å². The molecule has 3 fully saturated rings. The number of rotatable bonds is 5. The normalized spacial score (nSPS) is 32.9. The highest BCUT2D eigenvalue weighted by Crippen LogP contribution is 2.42. The second-order valence-corrected chi connectivity index (χ2v) is 9.90. The lowest BCUT2D eigenvalue weighted by atomic mass is 9.98. The molecule has 0 saturated carbocycles. The van der Waals surface area contributed by atoms with Gasteiger partial charge in [0.15, 0.2) is 17.8 Å². The first-order chi connectivity index (χ1) is 16.1. The maximum absolute atomic E-state index is 12.5. The number of nitrogen functional groups attached to an aromatic ring is 1. The van der Waals surface area contributed by atoms with Gasteiger partial charge in [-0.05, 0) is 39.3 Å². The largest absolute Gasteiger partial charge is 0.383 e. The lowest BCUT2D eigenvalue weighted by molar-refractivity contribution is -0.210. The molecule has 10 heteroatoms. The van der Waals surface area contributed by atoms with Crippen molar-refractivity contribution < 1.29 is 23.8 Å². The van der Waals surface area contributed by atoms with Crippen molar-refractivity contribution in [3.05, 3.63) is 58.6 Å². The van der Waals surface area contributed by atoms with Crippen LogP contribution < -0.4 is 11.4 Å². The Bertz CT molecular complexity index is 1070. The minimum absolute atomic E-state index is 0.173. The number of anilines is 1. The summed E-state index contributed by atoms with van der Waals surface area (Å²) in [6.45, 7) is 8.48. The third kappa shape index (κ3) is 4.74. The van der Waals surface area contributed by atoms with Gasteiger partial charge in [0.05, 0.1) is 12.6 Å². The molecule has 2 aromatic rings. The Balaban J connectivity index is 1.46. The fourth-order valence-electron chi connectivity index (χ4n) is 4.91. The molecule has 34 heavy (non-hydrogen) atoms. The number of benzene rings is 1. The molecule has 0 spiro atoms. The van der Waals surface area contributed by atoms with Gasteiger partial charge in [-0.2, -0.15) is 10.0 Å². The molecule has 3 aliphatic rings. The lowest BCUT2D eigenvalue weighted by Gasteiger charge is -2.31. The highest BCUT2D eigenvalue weighted by atomic mass is 16.8. The van der Waals surface area contributed by atoms with E-state index in [1.54, 1.807) is 12.3 Å². The molecule has 0 unspecified atom stereocenters. The van der Waals surface area contributed by atoms with Crippen LogP contribution in [0, 0.1) is 0 Å². The maximum atomic E-state index is 12.5. The highest BCUT2D eigenvalue weighted by molar-refractivity contribution is 5.23. The quantitative estimate of drug-likeness (QED) is 0.700. The third-order valence-electron chi connectivity index (χ3n) is 6.35. The summed E-state index contributed by atoms with van der Waals surface area (Å²) in [5, 5.41) is 1.88. The number of aromatic nitrogens is 2. The van der Waals surface area contributed by atoms with Crippen LogP contribution in [0.1, 0.15) is 45.9 Å². The molecule has 184 valence electrons. The predicted molar refractivity (Wildman–Crippen MR) is 122 cm³/mol. The van der Waals surface area contributed by atoms with Crippen LogP contribution in [0.5, 0.6) is 0 Å². The molecule has 0 radical (unpaired) electrons. The highest BCUT2D eigenvalue weighted by Gasteiger charge is 2.55. The predicted octanol–water partition coefficient (Wildman–Crippen LogP) is 2.20. The minimum atomic E-state index is -0.804. The Kier molecular flexibility index (Phi) is 5.99. The van der Waals surface area contributed by atoms with Crippen molar-refractivity contribution in [3.8, 4) is 0 Å². The zero-order valence-corrected chi connectivity index (χ0v) is 19.9. The van der Waals surface area contributed by atoms with Gasteiger partial charge in [0.2, 0.25) is 0 Å². The number of ether oxygens (including phenoxy) is 4. The van der Waals surface area contributed by atoms with Gasteiger partial charge in [-0.1, -0.05) is 30.3 Å². The number of hydrogen-bond donors (Lipinski definition) is 1. The van der Waals surface area contributed by atoms with E-state index in [0.29, 0.717) is 19.6 Å². The molecule has 3 saturated heterocycles. The summed E-state index contributed by atoms with van der Waals surface area (Å²) in [4.78, 5) is 22.7. The molecule has 1 aromatic carbocycles. The Morgan fingerprint density at radius 3 is 2.44 bits per heavy atom. The van der Waals surface area contributed by atoms with Crippen molar-refractivity contribution in [1.29, 1.82) is 0 Å². The van der Waals surface area contributed by atoms with E-state index < -0.39 is 23.5 Å². The number of nitrogens with zero attached hydrogens (tertiary/aromatic N) is 3. The Labute approximate surface area is 198 Å². The first kappa shape index (κ1) is 23.4. The van der Waals surface area contributed by atoms with Crippen molar-refractivity contribution in [3.63, 3.8) is 0 Å². The summed E-state index contributed by atoms with van der Waals surface area (Å²) >= 11 is 0. The molecule has 4 heterocycles. The number of hydroxylamine groups is 2. The first-order valence-corrected chi connectivity index (χ1v) is 11.6. The van der Waals surface area contributed by atoms with E-state index in [2.05, 4.69) is 4.98 Å². The third-order valence-corrected chi connectivity index (χ3v) is 6.35. The van der Waals surface area contributed by atoms with Gasteiger partial charge in [0.25, 0.3) is 0 Å². The van der Waals surface area contributed by atoms with Crippen LogP contribution in [-0.2, 0) is 30.3 Å². The monoisotopic (exact) mass is 472 g/mol. The minimum Gasteiger partial charge on any atom is -0.383 e. The van der Waals surface area contributed by atoms with Crippen LogP contribution in [0.15, 0.2) is 47.4 Å². The van der Waals surface area contributed by atoms with Gasteiger partial charge in [-0.25, -0.2) is 4.79 Å². The van der Waals surface area contributed by atoms with Crippen LogP contribution in [0.4, 0.5) is 5.82 Å². The van der Waals surface area contributed by atoms with Crippen molar-refractivity contribution in [2.45, 2.75) is 82.8 Å². The molecule has 5 atom stereocenters. The molecule has 1 aromatic heterocycles. The molecule has 5 rings (SSSR count). The van der Waals surface area contributed by atoms with Crippen molar-refractivity contribution in [2.75, 3.05) is 12.3 Å². The van der Waals surface area contributed by atoms with Crippen molar-refractivity contribution in [1.82, 2.24) is 14.6 Å². The zero-order chi connectivity index (χ0) is 24.1. The van der Waals surface area contributed by atoms with Gasteiger partial charge >= 0.3 is 5.69 Å². The van der Waals surface area contributed by atoms with E-state index in [1.165, 1.54) is 4.57 Å². The fraction of sp³-hybridized carbons (Fsp3) is 0.583. The standard InChI is InChI=1S/C24H32N4O6/c1-23(2)30-14-17(31-23)21-20(32-24(3,4)33-21)16-12-19(27-11-10-18(25)26-22(27)29)34-28(16)13-15-8-6-5-7-9-15/h5-11,16-17,19-21H,12-14H2,1-4H3,(H2,25,26,29)/t16-,17+,19+,20-,21-/m0/s1. The lowest BCUT2D eigenvalue weighted by Crippen LogP contribution is -2.48. The molecule has 3 aliphatic heterocycles. The Morgan fingerprint density at radius 2 is 1.76 bits per heavy atom. The van der Waals surface area contributed by atoms with Crippen LogP contribution in [0.25, 0.3) is 0 Å². The van der Waals surface area contributed by atoms with E-state index >= 15 is 0 Å². The average Bonchev–Trinajstić information content (AvgIpc) is 3.43. The average molecular weight is 473 g/mol. The van der Waals surface area contributed by atoms with Gasteiger partial charge in [-0.15, -0.1) is 0 Å². The number of nitrogens with two attached hydrogens (primary N) is 1. The van der Waals surface area contributed by atoms with Crippen molar-refractivity contribution in [2.24, 2.45) is 0 Å². The molecule has 0 bridgehead atoms. The molecule has 0 aliphatic carbocycles. The maximum Gasteiger partial charge on any atom is 0.351 e. The Hall–Kier alpha value is -2.34. The van der Waals surface area contributed by atoms with E-state index in [0.717, 1.165) is 5.56 Å². The van der Waals surface area contributed by atoms with Crippen LogP contribution >= 0.6 is 0 Å². The SMILES string of the molecule is CC1(C)O[C@@H]([C@H]2COC(C)(C)O2)[C@H]([C@@H]2C[C@H](n3ccc(N)nc3=O)ON2Cc2ccccc2)O1. The number of hydrogen-bond acceptors (Lipinski definition) is 9. The summed E-state index contributed by atoms with van der Waals surface area (Å²) in [5.74, 6) is -1.32. The van der Waals surface area contributed by atoms with Gasteiger partial charge in [0, 0.05) is 19.2 Å². The van der Waals surface area contributed by atoms with Gasteiger partial charge in [-0.3, -0.25) is 9.40 Å². The fourth-order valence-corrected chi connectivity index (χ4v) is 4.91. The second kappa shape index (κ2) is 8.71. The first-order valence-electron chi connectivity index (χ1n) is 11.6. The van der Waals surface area contributed by atoms with Crippen LogP contribution in [0.2, 0.25) is 0 Å². The van der Waals surface area contributed by atoms with E-state index in [9.17, 15) is 4.79 Å². The summed E-state index contributed by atoms with van der Waals surface area (Å²) in [6, 6.07) is 11.4. The molecule has 0 amide bonds. The zero-order valence-electron chi connectivity index (χ0n) is 19.9. The summed E-state index contributed by atoms with van der Waals surface area (Å²) in [7, 11) is 0. The molecule has 2 N–H and O–H groups in total. The van der Waals surface area contributed by atoms with E-state index in [4.69, 9.17) is 29.5 Å². The topological polar surface area (TPSA) is 110 Å².